The number of halogens is 1. The van der Waals surface area contributed by atoms with Crippen LogP contribution in [0.1, 0.15) is 22.7 Å². The molecule has 0 aliphatic rings. The first-order chi connectivity index (χ1) is 7.63. The normalized spacial score (nSPS) is 12.4. The molecule has 0 fully saturated rings. The first-order valence-electron chi connectivity index (χ1n) is 5.11. The fourth-order valence-electron chi connectivity index (χ4n) is 1.25. The summed E-state index contributed by atoms with van der Waals surface area (Å²) in [5.41, 5.74) is 0. The molecule has 0 radical (unpaired) electrons. The predicted octanol–water partition coefficient (Wildman–Crippen LogP) is 2.12. The van der Waals surface area contributed by atoms with Crippen LogP contribution in [0.2, 0.25) is 0 Å². The zero-order valence-corrected chi connectivity index (χ0v) is 11.0. The van der Waals surface area contributed by atoms with Crippen molar-refractivity contribution in [1.29, 1.82) is 0 Å². The molecule has 1 N–H and O–H groups in total. The minimum absolute atomic E-state index is 0.176. The van der Waals surface area contributed by atoms with E-state index < -0.39 is 0 Å². The zero-order chi connectivity index (χ0) is 12.0. The van der Waals surface area contributed by atoms with Crippen LogP contribution in [0.4, 0.5) is 0 Å². The summed E-state index contributed by atoms with van der Waals surface area (Å²) >= 11 is 3.45. The number of hydrogen-bond donors (Lipinski definition) is 1. The number of carbonyl (C=O) groups is 1. The van der Waals surface area contributed by atoms with Gasteiger partial charge in [-0.05, 0) is 25.5 Å². The average molecular weight is 290 g/mol. The summed E-state index contributed by atoms with van der Waals surface area (Å²) in [7, 11) is 1.65. The Hall–Kier alpha value is -0.810. The smallest absolute Gasteiger partial charge is 0.286 e. The largest absolute Gasteiger partial charge is 0.456 e. The van der Waals surface area contributed by atoms with Gasteiger partial charge in [0.05, 0.1) is 6.61 Å². The fraction of sp³-hybridized carbons (Fsp3) is 0.545. The second kappa shape index (κ2) is 6.70. The number of aryl methyl sites for hydroxylation is 1. The number of hydrogen-bond acceptors (Lipinski definition) is 3. The molecule has 1 atom stereocenters. The number of alkyl halides is 1. The minimum atomic E-state index is -0.176. The van der Waals surface area contributed by atoms with E-state index in [2.05, 4.69) is 21.2 Å². The highest BCUT2D eigenvalue weighted by atomic mass is 79.9. The van der Waals surface area contributed by atoms with Crippen LogP contribution in [-0.4, -0.2) is 31.0 Å². The second-order valence-electron chi connectivity index (χ2n) is 3.51. The van der Waals surface area contributed by atoms with Gasteiger partial charge in [-0.15, -0.1) is 0 Å². The molecule has 1 amide bonds. The predicted molar refractivity (Wildman–Crippen MR) is 65.0 cm³/mol. The number of methoxy groups -OCH3 is 1. The molecule has 5 heteroatoms. The Morgan fingerprint density at radius 1 is 1.62 bits per heavy atom. The lowest BCUT2D eigenvalue weighted by atomic mass is 10.3. The van der Waals surface area contributed by atoms with E-state index in [1.165, 1.54) is 0 Å². The van der Waals surface area contributed by atoms with Gasteiger partial charge in [0.2, 0.25) is 0 Å². The van der Waals surface area contributed by atoms with E-state index in [9.17, 15) is 4.79 Å². The van der Waals surface area contributed by atoms with E-state index in [1.54, 1.807) is 19.2 Å². The number of amides is 1. The lowest BCUT2D eigenvalue weighted by molar-refractivity contribution is 0.0923. The average Bonchev–Trinajstić information content (AvgIpc) is 2.65. The molecule has 90 valence electrons. The van der Waals surface area contributed by atoms with Gasteiger partial charge in [-0.1, -0.05) is 15.9 Å². The maximum atomic E-state index is 11.5. The van der Waals surface area contributed by atoms with Gasteiger partial charge in [-0.25, -0.2) is 0 Å². The number of furan rings is 1. The van der Waals surface area contributed by atoms with Crippen molar-refractivity contribution < 1.29 is 13.9 Å². The van der Waals surface area contributed by atoms with Crippen molar-refractivity contribution in [2.24, 2.45) is 0 Å². The third kappa shape index (κ3) is 4.37. The molecule has 0 bridgehead atoms. The van der Waals surface area contributed by atoms with Crippen molar-refractivity contribution >= 4 is 21.8 Å². The molecule has 1 unspecified atom stereocenters. The zero-order valence-electron chi connectivity index (χ0n) is 9.46. The minimum Gasteiger partial charge on any atom is -0.456 e. The number of ether oxygens (including phenoxy) is 1. The summed E-state index contributed by atoms with van der Waals surface area (Å²) in [4.78, 5) is 11.8. The van der Waals surface area contributed by atoms with Crippen molar-refractivity contribution in [2.45, 2.75) is 18.2 Å². The molecule has 1 heterocycles. The van der Waals surface area contributed by atoms with Crippen LogP contribution >= 0.6 is 15.9 Å². The monoisotopic (exact) mass is 289 g/mol. The van der Waals surface area contributed by atoms with E-state index in [0.717, 1.165) is 12.2 Å². The van der Waals surface area contributed by atoms with Crippen molar-refractivity contribution in [2.75, 3.05) is 20.3 Å². The van der Waals surface area contributed by atoms with Gasteiger partial charge in [0.1, 0.15) is 5.76 Å². The van der Waals surface area contributed by atoms with E-state index >= 15 is 0 Å². The third-order valence-corrected chi connectivity index (χ3v) is 2.78. The molecule has 16 heavy (non-hydrogen) atoms. The topological polar surface area (TPSA) is 51.5 Å². The Morgan fingerprint density at radius 3 is 2.94 bits per heavy atom. The van der Waals surface area contributed by atoms with E-state index in [4.69, 9.17) is 9.15 Å². The van der Waals surface area contributed by atoms with Gasteiger partial charge < -0.3 is 14.5 Å². The Balaban J connectivity index is 2.25. The molecule has 4 nitrogen and oxygen atoms in total. The molecule has 0 saturated carbocycles. The molecule has 0 aromatic carbocycles. The third-order valence-electron chi connectivity index (χ3n) is 2.05. The highest BCUT2D eigenvalue weighted by Gasteiger charge is 2.10. The van der Waals surface area contributed by atoms with Crippen LogP contribution < -0.4 is 5.32 Å². The highest BCUT2D eigenvalue weighted by molar-refractivity contribution is 9.09. The first-order valence-corrected chi connectivity index (χ1v) is 6.02. The van der Waals surface area contributed by atoms with Gasteiger partial charge in [-0.3, -0.25) is 4.79 Å². The lowest BCUT2D eigenvalue weighted by Crippen LogP contribution is -2.26. The Bertz CT molecular complexity index is 338. The molecule has 0 saturated heterocycles. The van der Waals surface area contributed by atoms with Gasteiger partial charge in [0, 0.05) is 18.5 Å². The summed E-state index contributed by atoms with van der Waals surface area (Å²) in [5.74, 6) is 0.920. The first kappa shape index (κ1) is 13.3. The molecule has 1 aromatic rings. The van der Waals surface area contributed by atoms with Crippen LogP contribution in [0.25, 0.3) is 0 Å². The van der Waals surface area contributed by atoms with Crippen LogP contribution in [0.15, 0.2) is 16.5 Å². The van der Waals surface area contributed by atoms with Crippen molar-refractivity contribution in [3.63, 3.8) is 0 Å². The Labute approximate surface area is 103 Å². The van der Waals surface area contributed by atoms with Crippen molar-refractivity contribution in [1.82, 2.24) is 5.32 Å². The maximum absolute atomic E-state index is 11.5. The van der Waals surface area contributed by atoms with Gasteiger partial charge in [0.15, 0.2) is 5.76 Å². The SMILES string of the molecule is COCC(Br)CCNC(=O)c1ccc(C)o1. The van der Waals surface area contributed by atoms with Crippen LogP contribution in [0.5, 0.6) is 0 Å². The van der Waals surface area contributed by atoms with E-state index in [-0.39, 0.29) is 10.7 Å². The Kier molecular flexibility index (Phi) is 5.55. The second-order valence-corrected chi connectivity index (χ2v) is 4.80. The summed E-state index contributed by atoms with van der Waals surface area (Å²) < 4.78 is 10.2. The van der Waals surface area contributed by atoms with Crippen molar-refractivity contribution in [3.8, 4) is 0 Å². The Morgan fingerprint density at radius 2 is 2.38 bits per heavy atom. The molecule has 1 aromatic heterocycles. The van der Waals surface area contributed by atoms with Gasteiger partial charge in [-0.2, -0.15) is 0 Å². The van der Waals surface area contributed by atoms with Crippen molar-refractivity contribution in [3.05, 3.63) is 23.7 Å². The van der Waals surface area contributed by atoms with Gasteiger partial charge in [0.25, 0.3) is 5.91 Å². The van der Waals surface area contributed by atoms with Crippen LogP contribution in [0.3, 0.4) is 0 Å². The lowest BCUT2D eigenvalue weighted by Gasteiger charge is -2.08. The molecular weight excluding hydrogens is 274 g/mol. The quantitative estimate of drug-likeness (QED) is 0.816. The van der Waals surface area contributed by atoms with E-state index in [0.29, 0.717) is 18.9 Å². The molecular formula is C11H16BrNO3. The summed E-state index contributed by atoms with van der Waals surface area (Å²) in [5, 5.41) is 2.78. The number of nitrogens with one attached hydrogen (secondary N) is 1. The molecule has 0 aliphatic carbocycles. The summed E-state index contributed by atoms with van der Waals surface area (Å²) in [6, 6.07) is 3.44. The summed E-state index contributed by atoms with van der Waals surface area (Å²) in [6.07, 6.45) is 0.819. The number of carbonyl (C=O) groups excluding carboxylic acids is 1. The fourth-order valence-corrected chi connectivity index (χ4v) is 1.74. The highest BCUT2D eigenvalue weighted by Crippen LogP contribution is 2.07. The maximum Gasteiger partial charge on any atom is 0.286 e. The standard InChI is InChI=1S/C11H16BrNO3/c1-8-3-4-10(16-8)11(14)13-6-5-9(12)7-15-2/h3-4,9H,5-7H2,1-2H3,(H,13,14). The van der Waals surface area contributed by atoms with Crippen LogP contribution in [-0.2, 0) is 4.74 Å². The summed E-state index contributed by atoms with van der Waals surface area (Å²) in [6.45, 7) is 3.04. The van der Waals surface area contributed by atoms with E-state index in [1.807, 2.05) is 6.92 Å². The number of rotatable bonds is 6. The molecule has 1 rings (SSSR count). The van der Waals surface area contributed by atoms with Crippen LogP contribution in [0, 0.1) is 6.92 Å². The molecule has 0 spiro atoms. The van der Waals surface area contributed by atoms with Gasteiger partial charge >= 0.3 is 0 Å². The molecule has 0 aliphatic heterocycles.